The maximum absolute atomic E-state index is 13.0. The Morgan fingerprint density at radius 1 is 0.909 bits per heavy atom. The second-order valence-electron chi connectivity index (χ2n) is 8.72. The highest BCUT2D eigenvalue weighted by Crippen LogP contribution is 2.40. The lowest BCUT2D eigenvalue weighted by Crippen LogP contribution is -2.59. The Hall–Kier alpha value is -3.35. The van der Waals surface area contributed by atoms with E-state index in [0.29, 0.717) is 5.56 Å². The highest BCUT2D eigenvalue weighted by molar-refractivity contribution is 6.02. The Morgan fingerprint density at radius 2 is 1.64 bits per heavy atom. The zero-order chi connectivity index (χ0) is 22.8. The topological polar surface area (TPSA) is 76.0 Å². The third-order valence-corrected chi connectivity index (χ3v) is 6.78. The quantitative estimate of drug-likeness (QED) is 0.551. The SMILES string of the molecule is O=C1NC(c2ccc(O)cc2)N(C(CO)N2CCCCC2c2ccccc2)c2ccccc21. The molecule has 2 aliphatic heterocycles. The Morgan fingerprint density at radius 3 is 2.39 bits per heavy atom. The molecular weight excluding hydrogens is 414 g/mol. The van der Waals surface area contributed by atoms with Gasteiger partial charge in [-0.3, -0.25) is 9.69 Å². The minimum Gasteiger partial charge on any atom is -0.508 e. The number of piperidine rings is 1. The lowest BCUT2D eigenvalue weighted by atomic mass is 9.93. The first kappa shape index (κ1) is 21.5. The van der Waals surface area contributed by atoms with Gasteiger partial charge in [0.1, 0.15) is 18.1 Å². The maximum atomic E-state index is 13.0. The number of phenols is 1. The summed E-state index contributed by atoms with van der Waals surface area (Å²) in [5, 5.41) is 23.7. The van der Waals surface area contributed by atoms with Crippen LogP contribution in [0.25, 0.3) is 0 Å². The van der Waals surface area contributed by atoms with Crippen molar-refractivity contribution in [3.63, 3.8) is 0 Å². The second kappa shape index (κ2) is 9.25. The summed E-state index contributed by atoms with van der Waals surface area (Å²) in [7, 11) is 0. The maximum Gasteiger partial charge on any atom is 0.255 e. The predicted molar refractivity (Wildman–Crippen MR) is 128 cm³/mol. The van der Waals surface area contributed by atoms with Crippen molar-refractivity contribution in [1.29, 1.82) is 0 Å². The lowest BCUT2D eigenvalue weighted by Gasteiger charge is -2.50. The molecule has 3 aromatic carbocycles. The van der Waals surface area contributed by atoms with Crippen LogP contribution in [0.2, 0.25) is 0 Å². The van der Waals surface area contributed by atoms with Gasteiger partial charge in [-0.1, -0.05) is 61.0 Å². The van der Waals surface area contributed by atoms with Crippen LogP contribution in [0.1, 0.15) is 53.0 Å². The first-order valence-corrected chi connectivity index (χ1v) is 11.6. The number of phenolic OH excluding ortho intramolecular Hbond substituents is 1. The lowest BCUT2D eigenvalue weighted by molar-refractivity contribution is 0.0455. The highest BCUT2D eigenvalue weighted by Gasteiger charge is 2.40. The minimum atomic E-state index is -0.469. The zero-order valence-corrected chi connectivity index (χ0v) is 18.5. The van der Waals surface area contributed by atoms with Gasteiger partial charge in [0, 0.05) is 12.6 Å². The summed E-state index contributed by atoms with van der Waals surface area (Å²) >= 11 is 0. The standard InChI is InChI=1S/C27H29N3O3/c31-18-25(29-17-7-6-11-23(29)19-8-2-1-3-9-19)30-24-12-5-4-10-22(24)27(33)28-26(30)20-13-15-21(32)16-14-20/h1-5,8-10,12-16,23,25-26,31-32H,6-7,11,17-18H2,(H,28,33). The van der Waals surface area contributed by atoms with Crippen LogP contribution in [0.4, 0.5) is 5.69 Å². The number of hydrogen-bond acceptors (Lipinski definition) is 5. The van der Waals surface area contributed by atoms with Gasteiger partial charge in [-0.05, 0) is 48.2 Å². The molecule has 3 N–H and O–H groups in total. The van der Waals surface area contributed by atoms with Crippen molar-refractivity contribution in [2.24, 2.45) is 0 Å². The number of anilines is 1. The molecule has 170 valence electrons. The van der Waals surface area contributed by atoms with E-state index in [1.54, 1.807) is 12.1 Å². The number of nitrogens with zero attached hydrogens (tertiary/aromatic N) is 2. The first-order chi connectivity index (χ1) is 16.2. The number of nitrogens with one attached hydrogen (secondary N) is 1. The number of fused-ring (bicyclic) bond motifs is 1. The van der Waals surface area contributed by atoms with E-state index < -0.39 is 6.17 Å². The molecule has 0 aliphatic carbocycles. The fourth-order valence-electron chi connectivity index (χ4n) is 5.23. The molecule has 1 fully saturated rings. The summed E-state index contributed by atoms with van der Waals surface area (Å²) in [5.41, 5.74) is 3.49. The van der Waals surface area contributed by atoms with Crippen molar-refractivity contribution in [3.05, 3.63) is 95.6 Å². The average molecular weight is 444 g/mol. The van der Waals surface area contributed by atoms with Crippen LogP contribution in [-0.2, 0) is 0 Å². The van der Waals surface area contributed by atoms with Crippen LogP contribution < -0.4 is 10.2 Å². The fourth-order valence-corrected chi connectivity index (χ4v) is 5.23. The van der Waals surface area contributed by atoms with Crippen LogP contribution >= 0.6 is 0 Å². The molecule has 3 unspecified atom stereocenters. The van der Waals surface area contributed by atoms with Crippen LogP contribution in [-0.4, -0.2) is 40.3 Å². The smallest absolute Gasteiger partial charge is 0.255 e. The normalized spacial score (nSPS) is 21.8. The molecule has 5 rings (SSSR count). The van der Waals surface area contributed by atoms with E-state index in [2.05, 4.69) is 39.4 Å². The molecule has 0 saturated carbocycles. The van der Waals surface area contributed by atoms with Crippen molar-refractivity contribution in [3.8, 4) is 5.75 Å². The van der Waals surface area contributed by atoms with Crippen molar-refractivity contribution in [1.82, 2.24) is 10.2 Å². The predicted octanol–water partition coefficient (Wildman–Crippen LogP) is 4.19. The van der Waals surface area contributed by atoms with Gasteiger partial charge in [0.25, 0.3) is 5.91 Å². The number of benzene rings is 3. The first-order valence-electron chi connectivity index (χ1n) is 11.6. The molecule has 0 bridgehead atoms. The summed E-state index contributed by atoms with van der Waals surface area (Å²) in [6, 6.07) is 25.1. The third-order valence-electron chi connectivity index (χ3n) is 6.78. The van der Waals surface area contributed by atoms with Gasteiger partial charge in [0.15, 0.2) is 0 Å². The summed E-state index contributed by atoms with van der Waals surface area (Å²) in [4.78, 5) is 17.5. The fraction of sp³-hybridized carbons (Fsp3) is 0.296. The van der Waals surface area contributed by atoms with Gasteiger partial charge in [0.2, 0.25) is 0 Å². The highest BCUT2D eigenvalue weighted by atomic mass is 16.3. The molecule has 0 spiro atoms. The Bertz CT molecular complexity index is 1100. The van der Waals surface area contributed by atoms with Gasteiger partial charge in [-0.15, -0.1) is 0 Å². The van der Waals surface area contributed by atoms with Gasteiger partial charge in [-0.2, -0.15) is 0 Å². The van der Waals surface area contributed by atoms with E-state index in [-0.39, 0.29) is 30.5 Å². The molecule has 3 aromatic rings. The van der Waals surface area contributed by atoms with Crippen molar-refractivity contribution in [2.75, 3.05) is 18.1 Å². The van der Waals surface area contributed by atoms with Gasteiger partial charge in [0.05, 0.1) is 17.9 Å². The number of aromatic hydroxyl groups is 1. The number of hydrogen-bond donors (Lipinski definition) is 3. The molecule has 6 nitrogen and oxygen atoms in total. The molecule has 2 heterocycles. The third kappa shape index (κ3) is 4.08. The largest absolute Gasteiger partial charge is 0.508 e. The van der Waals surface area contributed by atoms with Crippen molar-refractivity contribution in [2.45, 2.75) is 37.6 Å². The molecular formula is C27H29N3O3. The van der Waals surface area contributed by atoms with Crippen molar-refractivity contribution >= 4 is 11.6 Å². The number of para-hydroxylation sites is 1. The Labute approximate surface area is 194 Å². The van der Waals surface area contributed by atoms with E-state index in [4.69, 9.17) is 0 Å². The minimum absolute atomic E-state index is 0.0812. The number of amides is 1. The van der Waals surface area contributed by atoms with Crippen LogP contribution in [0.3, 0.4) is 0 Å². The van der Waals surface area contributed by atoms with Crippen LogP contribution in [0, 0.1) is 0 Å². The van der Waals surface area contributed by atoms with E-state index in [0.717, 1.165) is 37.1 Å². The number of aliphatic hydroxyl groups excluding tert-OH is 1. The molecule has 6 heteroatoms. The van der Waals surface area contributed by atoms with Gasteiger partial charge >= 0.3 is 0 Å². The number of likely N-dealkylation sites (tertiary alicyclic amines) is 1. The summed E-state index contributed by atoms with van der Waals surface area (Å²) in [6.45, 7) is 0.780. The Kier molecular flexibility index (Phi) is 6.03. The molecule has 0 radical (unpaired) electrons. The molecule has 3 atom stereocenters. The van der Waals surface area contributed by atoms with Crippen LogP contribution in [0.5, 0.6) is 5.75 Å². The molecule has 2 aliphatic rings. The molecule has 1 amide bonds. The van der Waals surface area contributed by atoms with Gasteiger partial charge in [-0.25, -0.2) is 0 Å². The number of carbonyl (C=O) groups is 1. The van der Waals surface area contributed by atoms with Crippen molar-refractivity contribution < 1.29 is 15.0 Å². The number of carbonyl (C=O) groups excluding carboxylic acids is 1. The molecule has 1 saturated heterocycles. The zero-order valence-electron chi connectivity index (χ0n) is 18.5. The summed E-state index contributed by atoms with van der Waals surface area (Å²) in [6.07, 6.45) is 2.42. The summed E-state index contributed by atoms with van der Waals surface area (Å²) in [5.74, 6) is 0.0292. The molecule has 33 heavy (non-hydrogen) atoms. The molecule has 0 aromatic heterocycles. The monoisotopic (exact) mass is 443 g/mol. The van der Waals surface area contributed by atoms with E-state index in [1.165, 1.54) is 5.56 Å². The van der Waals surface area contributed by atoms with E-state index in [9.17, 15) is 15.0 Å². The number of aliphatic hydroxyl groups is 1. The van der Waals surface area contributed by atoms with Crippen LogP contribution in [0.15, 0.2) is 78.9 Å². The number of rotatable bonds is 5. The average Bonchev–Trinajstić information content (AvgIpc) is 2.87. The second-order valence-corrected chi connectivity index (χ2v) is 8.72. The Balaban J connectivity index is 1.60. The van der Waals surface area contributed by atoms with E-state index >= 15 is 0 Å². The van der Waals surface area contributed by atoms with E-state index in [1.807, 2.05) is 42.5 Å². The summed E-state index contributed by atoms with van der Waals surface area (Å²) < 4.78 is 0. The van der Waals surface area contributed by atoms with Gasteiger partial charge < -0.3 is 20.4 Å².